The predicted octanol–water partition coefficient (Wildman–Crippen LogP) is 3.55. The van der Waals surface area contributed by atoms with Gasteiger partial charge in [-0.3, -0.25) is 0 Å². The van der Waals surface area contributed by atoms with Gasteiger partial charge in [0.25, 0.3) is 6.43 Å². The molecule has 0 unspecified atom stereocenters. The van der Waals surface area contributed by atoms with Gasteiger partial charge >= 0.3 is 0 Å². The second kappa shape index (κ2) is 8.31. The summed E-state index contributed by atoms with van der Waals surface area (Å²) in [6, 6.07) is 5.50. The summed E-state index contributed by atoms with van der Waals surface area (Å²) in [6.45, 7) is 6.39. The van der Waals surface area contributed by atoms with Crippen LogP contribution in [0.15, 0.2) is 30.6 Å². The SMILES string of the molecule is Cc1nc2ccc(-c3ccn4nc(NCCOC(C)C)ncc34)nc2n1CC(F)F. The fourth-order valence-electron chi connectivity index (χ4n) is 3.28. The standard InChI is InChI=1S/C20H23F2N7O/c1-12(2)30-9-7-23-20-24-10-17-14(6-8-29(17)27-20)15-4-5-16-19(26-15)28(11-18(21)22)13(3)25-16/h4-6,8,10,12,18H,7,9,11H2,1-3H3,(H,23,27). The maximum atomic E-state index is 13.0. The van der Waals surface area contributed by atoms with Crippen molar-refractivity contribution in [2.75, 3.05) is 18.5 Å². The molecule has 0 aliphatic rings. The number of hydrogen-bond acceptors (Lipinski definition) is 6. The van der Waals surface area contributed by atoms with Crippen molar-refractivity contribution in [2.24, 2.45) is 0 Å². The van der Waals surface area contributed by atoms with Crippen molar-refractivity contribution >= 4 is 22.6 Å². The zero-order valence-corrected chi connectivity index (χ0v) is 17.0. The van der Waals surface area contributed by atoms with Crippen LogP contribution in [0.2, 0.25) is 0 Å². The summed E-state index contributed by atoms with van der Waals surface area (Å²) in [5, 5.41) is 7.58. The molecular weight excluding hydrogens is 392 g/mol. The number of pyridine rings is 1. The average Bonchev–Trinajstić information content (AvgIpc) is 3.25. The molecular formula is C20H23F2N7O. The third-order valence-corrected chi connectivity index (χ3v) is 4.63. The summed E-state index contributed by atoms with van der Waals surface area (Å²) in [7, 11) is 0. The Morgan fingerprint density at radius 2 is 2.00 bits per heavy atom. The number of halogens is 2. The van der Waals surface area contributed by atoms with E-state index in [2.05, 4.69) is 25.4 Å². The van der Waals surface area contributed by atoms with Gasteiger partial charge in [-0.25, -0.2) is 28.2 Å². The molecule has 158 valence electrons. The monoisotopic (exact) mass is 415 g/mol. The molecule has 0 aliphatic heterocycles. The van der Waals surface area contributed by atoms with Gasteiger partial charge in [-0.05, 0) is 39.0 Å². The first-order valence-corrected chi connectivity index (χ1v) is 9.74. The largest absolute Gasteiger partial charge is 0.377 e. The topological polar surface area (TPSA) is 82.2 Å². The van der Waals surface area contributed by atoms with E-state index in [-0.39, 0.29) is 6.10 Å². The summed E-state index contributed by atoms with van der Waals surface area (Å²) in [5.41, 5.74) is 3.26. The normalized spacial score (nSPS) is 12.0. The smallest absolute Gasteiger partial charge is 0.256 e. The Bertz CT molecular complexity index is 1170. The molecule has 30 heavy (non-hydrogen) atoms. The molecule has 0 amide bonds. The third-order valence-electron chi connectivity index (χ3n) is 4.63. The number of nitrogens with zero attached hydrogens (tertiary/aromatic N) is 6. The number of ether oxygens (including phenoxy) is 1. The van der Waals surface area contributed by atoms with Crippen LogP contribution in [-0.4, -0.2) is 54.8 Å². The quantitative estimate of drug-likeness (QED) is 0.443. The van der Waals surface area contributed by atoms with Crippen molar-refractivity contribution in [2.45, 2.75) is 39.8 Å². The van der Waals surface area contributed by atoms with Crippen molar-refractivity contribution in [1.82, 2.24) is 29.1 Å². The van der Waals surface area contributed by atoms with E-state index in [1.807, 2.05) is 32.2 Å². The van der Waals surface area contributed by atoms with E-state index >= 15 is 0 Å². The van der Waals surface area contributed by atoms with Crippen LogP contribution in [0.1, 0.15) is 19.7 Å². The molecule has 8 nitrogen and oxygen atoms in total. The molecule has 4 rings (SSSR count). The molecule has 0 atom stereocenters. The van der Waals surface area contributed by atoms with E-state index in [4.69, 9.17) is 4.74 Å². The first-order valence-electron chi connectivity index (χ1n) is 9.74. The maximum Gasteiger partial charge on any atom is 0.256 e. The van der Waals surface area contributed by atoms with Crippen LogP contribution in [0, 0.1) is 6.92 Å². The molecule has 0 fully saturated rings. The van der Waals surface area contributed by atoms with Crippen LogP contribution < -0.4 is 5.32 Å². The number of fused-ring (bicyclic) bond motifs is 2. The molecule has 4 heterocycles. The van der Waals surface area contributed by atoms with Gasteiger partial charge in [0.05, 0.1) is 36.7 Å². The van der Waals surface area contributed by atoms with Crippen LogP contribution >= 0.6 is 0 Å². The van der Waals surface area contributed by atoms with E-state index in [9.17, 15) is 8.78 Å². The Labute approximate surface area is 171 Å². The summed E-state index contributed by atoms with van der Waals surface area (Å²) >= 11 is 0. The first-order chi connectivity index (χ1) is 14.4. The zero-order valence-electron chi connectivity index (χ0n) is 17.0. The van der Waals surface area contributed by atoms with Crippen LogP contribution in [0.4, 0.5) is 14.7 Å². The molecule has 0 bridgehead atoms. The molecule has 0 saturated carbocycles. The number of anilines is 1. The predicted molar refractivity (Wildman–Crippen MR) is 110 cm³/mol. The number of alkyl halides is 2. The Balaban J connectivity index is 1.62. The Morgan fingerprint density at radius 3 is 2.77 bits per heavy atom. The van der Waals surface area contributed by atoms with Crippen LogP contribution in [-0.2, 0) is 11.3 Å². The molecule has 0 saturated heterocycles. The Kier molecular flexibility index (Phi) is 5.58. The van der Waals surface area contributed by atoms with Gasteiger partial charge < -0.3 is 14.6 Å². The lowest BCUT2D eigenvalue weighted by atomic mass is 10.2. The van der Waals surface area contributed by atoms with Crippen molar-refractivity contribution in [3.8, 4) is 11.3 Å². The van der Waals surface area contributed by atoms with Gasteiger partial charge in [-0.1, -0.05) is 0 Å². The highest BCUT2D eigenvalue weighted by molar-refractivity contribution is 5.82. The molecule has 0 aliphatic carbocycles. The van der Waals surface area contributed by atoms with E-state index in [1.165, 1.54) is 4.57 Å². The van der Waals surface area contributed by atoms with E-state index in [0.717, 1.165) is 11.1 Å². The van der Waals surface area contributed by atoms with Gasteiger partial charge in [0, 0.05) is 18.3 Å². The van der Waals surface area contributed by atoms with Crippen LogP contribution in [0.25, 0.3) is 27.9 Å². The zero-order chi connectivity index (χ0) is 21.3. The van der Waals surface area contributed by atoms with Gasteiger partial charge in [0.2, 0.25) is 5.95 Å². The van der Waals surface area contributed by atoms with Crippen molar-refractivity contribution < 1.29 is 13.5 Å². The fourth-order valence-corrected chi connectivity index (χ4v) is 3.28. The Morgan fingerprint density at radius 1 is 1.17 bits per heavy atom. The summed E-state index contributed by atoms with van der Waals surface area (Å²) in [4.78, 5) is 13.3. The molecule has 4 aromatic heterocycles. The minimum absolute atomic E-state index is 0.174. The third kappa shape index (κ3) is 4.09. The lowest BCUT2D eigenvalue weighted by Crippen LogP contribution is -2.15. The molecule has 0 spiro atoms. The molecule has 0 radical (unpaired) electrons. The summed E-state index contributed by atoms with van der Waals surface area (Å²) < 4.78 is 34.6. The van der Waals surface area contributed by atoms with Crippen LogP contribution in [0.3, 0.4) is 0 Å². The number of aromatic nitrogens is 6. The van der Waals surface area contributed by atoms with Crippen molar-refractivity contribution in [3.05, 3.63) is 36.4 Å². The number of rotatable bonds is 8. The summed E-state index contributed by atoms with van der Waals surface area (Å²) in [6.07, 6.45) is 1.22. The maximum absolute atomic E-state index is 13.0. The molecule has 1 N–H and O–H groups in total. The lowest BCUT2D eigenvalue weighted by Gasteiger charge is -2.08. The lowest BCUT2D eigenvalue weighted by molar-refractivity contribution is 0.0869. The highest BCUT2D eigenvalue weighted by atomic mass is 19.3. The van der Waals surface area contributed by atoms with Gasteiger partial charge in [-0.15, -0.1) is 5.10 Å². The van der Waals surface area contributed by atoms with Gasteiger partial charge in [0.1, 0.15) is 11.3 Å². The first kappa shape index (κ1) is 20.1. The fraction of sp³-hybridized carbons (Fsp3) is 0.400. The second-order valence-electron chi connectivity index (χ2n) is 7.19. The van der Waals surface area contributed by atoms with E-state index < -0.39 is 13.0 Å². The number of hydrogen-bond donors (Lipinski definition) is 1. The van der Waals surface area contributed by atoms with Crippen LogP contribution in [0.5, 0.6) is 0 Å². The minimum Gasteiger partial charge on any atom is -0.377 e. The second-order valence-corrected chi connectivity index (χ2v) is 7.19. The average molecular weight is 415 g/mol. The van der Waals surface area contributed by atoms with Gasteiger partial charge in [-0.2, -0.15) is 0 Å². The number of imidazole rings is 1. The van der Waals surface area contributed by atoms with E-state index in [1.54, 1.807) is 23.7 Å². The van der Waals surface area contributed by atoms with Crippen molar-refractivity contribution in [1.29, 1.82) is 0 Å². The summed E-state index contributed by atoms with van der Waals surface area (Å²) in [5.74, 6) is 1.00. The molecule has 0 aromatic carbocycles. The highest BCUT2D eigenvalue weighted by Crippen LogP contribution is 2.26. The molecule has 10 heteroatoms. The van der Waals surface area contributed by atoms with E-state index in [0.29, 0.717) is 41.8 Å². The Hall–Kier alpha value is -3.14. The minimum atomic E-state index is -2.48. The molecule has 4 aromatic rings. The van der Waals surface area contributed by atoms with Gasteiger partial charge in [0.15, 0.2) is 5.65 Å². The number of nitrogens with one attached hydrogen (secondary N) is 1. The highest BCUT2D eigenvalue weighted by Gasteiger charge is 2.16. The van der Waals surface area contributed by atoms with Crippen molar-refractivity contribution in [3.63, 3.8) is 0 Å². The number of aryl methyl sites for hydroxylation is 1.